The second kappa shape index (κ2) is 6.72. The maximum Gasteiger partial charge on any atom is 0.332 e. The summed E-state index contributed by atoms with van der Waals surface area (Å²) in [7, 11) is 0. The number of fused-ring (bicyclic) bond motifs is 1. The highest BCUT2D eigenvalue weighted by molar-refractivity contribution is 5.77. The van der Waals surface area contributed by atoms with E-state index in [-0.39, 0.29) is 24.6 Å². The predicted octanol–water partition coefficient (Wildman–Crippen LogP) is -0.724. The quantitative estimate of drug-likeness (QED) is 0.510. The van der Waals surface area contributed by atoms with Gasteiger partial charge in [-0.05, 0) is 6.92 Å². The van der Waals surface area contributed by atoms with Crippen LogP contribution < -0.4 is 5.32 Å². The second-order valence-electron chi connectivity index (χ2n) is 4.69. The molecule has 0 radical (unpaired) electrons. The molecular formula is C12H21N3O4. The molecule has 2 saturated heterocycles. The molecule has 19 heavy (non-hydrogen) atoms. The molecule has 1 N–H and O–H groups in total. The lowest BCUT2D eigenvalue weighted by Gasteiger charge is -2.36. The van der Waals surface area contributed by atoms with Crippen LogP contribution in [0.25, 0.3) is 0 Å². The summed E-state index contributed by atoms with van der Waals surface area (Å²) in [5.41, 5.74) is 0. The van der Waals surface area contributed by atoms with Crippen LogP contribution in [0.2, 0.25) is 0 Å². The topological polar surface area (TPSA) is 71.1 Å². The molecule has 0 saturated carbocycles. The molecule has 2 heterocycles. The lowest BCUT2D eigenvalue weighted by Crippen LogP contribution is -2.52. The number of nitrogens with one attached hydrogen (secondary N) is 1. The summed E-state index contributed by atoms with van der Waals surface area (Å²) in [6.45, 7) is 6.64. The van der Waals surface area contributed by atoms with Gasteiger partial charge in [-0.25, -0.2) is 9.59 Å². The fourth-order valence-electron chi connectivity index (χ4n) is 2.42. The largest absolute Gasteiger partial charge is 0.464 e. The van der Waals surface area contributed by atoms with E-state index in [9.17, 15) is 9.59 Å². The maximum atomic E-state index is 11.4. The van der Waals surface area contributed by atoms with Crippen LogP contribution >= 0.6 is 0 Å². The van der Waals surface area contributed by atoms with Crippen LogP contribution in [-0.4, -0.2) is 80.4 Å². The first kappa shape index (κ1) is 14.1. The average molecular weight is 271 g/mol. The van der Waals surface area contributed by atoms with E-state index in [1.807, 2.05) is 4.90 Å². The SMILES string of the molecule is CCOC(=O)COCCN1CCN2C(=O)NCC2C1. The van der Waals surface area contributed by atoms with Gasteiger partial charge in [0.05, 0.1) is 19.3 Å². The number of ether oxygens (including phenoxy) is 2. The van der Waals surface area contributed by atoms with Crippen molar-refractivity contribution in [3.05, 3.63) is 0 Å². The first-order chi connectivity index (χ1) is 9.20. The van der Waals surface area contributed by atoms with Gasteiger partial charge in [-0.2, -0.15) is 0 Å². The molecule has 1 unspecified atom stereocenters. The molecular weight excluding hydrogens is 250 g/mol. The summed E-state index contributed by atoms with van der Waals surface area (Å²) in [5, 5.41) is 2.85. The van der Waals surface area contributed by atoms with Crippen LogP contribution in [0, 0.1) is 0 Å². The summed E-state index contributed by atoms with van der Waals surface area (Å²) in [4.78, 5) is 26.6. The first-order valence-corrected chi connectivity index (χ1v) is 6.71. The fraction of sp³-hybridized carbons (Fsp3) is 0.833. The normalized spacial score (nSPS) is 23.1. The molecule has 2 aliphatic heterocycles. The fourth-order valence-corrected chi connectivity index (χ4v) is 2.42. The number of hydrogen-bond donors (Lipinski definition) is 1. The van der Waals surface area contributed by atoms with Crippen LogP contribution in [0.5, 0.6) is 0 Å². The van der Waals surface area contributed by atoms with Gasteiger partial charge in [0, 0.05) is 32.7 Å². The third-order valence-electron chi connectivity index (χ3n) is 3.39. The number of urea groups is 1. The molecule has 0 aromatic carbocycles. The Balaban J connectivity index is 1.60. The number of amides is 2. The molecule has 2 aliphatic rings. The second-order valence-corrected chi connectivity index (χ2v) is 4.69. The van der Waals surface area contributed by atoms with Crippen LogP contribution in [0.1, 0.15) is 6.92 Å². The van der Waals surface area contributed by atoms with Crippen molar-refractivity contribution in [3.8, 4) is 0 Å². The summed E-state index contributed by atoms with van der Waals surface area (Å²) in [5.74, 6) is -0.321. The van der Waals surface area contributed by atoms with E-state index in [1.165, 1.54) is 0 Å². The van der Waals surface area contributed by atoms with Crippen molar-refractivity contribution in [2.24, 2.45) is 0 Å². The Morgan fingerprint density at radius 3 is 3.11 bits per heavy atom. The van der Waals surface area contributed by atoms with E-state index in [1.54, 1.807) is 6.92 Å². The Morgan fingerprint density at radius 1 is 1.47 bits per heavy atom. The van der Waals surface area contributed by atoms with Crippen LogP contribution in [-0.2, 0) is 14.3 Å². The monoisotopic (exact) mass is 271 g/mol. The van der Waals surface area contributed by atoms with Crippen LogP contribution in [0.3, 0.4) is 0 Å². The Bertz CT molecular complexity index is 337. The number of carbonyl (C=O) groups excluding carboxylic acids is 2. The zero-order valence-electron chi connectivity index (χ0n) is 11.3. The molecule has 2 amide bonds. The minimum absolute atomic E-state index is 0.0112. The summed E-state index contributed by atoms with van der Waals surface area (Å²) < 4.78 is 10.0. The zero-order valence-corrected chi connectivity index (χ0v) is 11.3. The number of piperazine rings is 1. The third kappa shape index (κ3) is 3.81. The number of carbonyl (C=O) groups is 2. The molecule has 7 heteroatoms. The van der Waals surface area contributed by atoms with E-state index in [2.05, 4.69) is 10.2 Å². The molecule has 0 spiro atoms. The van der Waals surface area contributed by atoms with Crippen molar-refractivity contribution in [1.82, 2.24) is 15.1 Å². The third-order valence-corrected chi connectivity index (χ3v) is 3.39. The highest BCUT2D eigenvalue weighted by Gasteiger charge is 2.34. The Morgan fingerprint density at radius 2 is 2.32 bits per heavy atom. The van der Waals surface area contributed by atoms with Gasteiger partial charge in [-0.1, -0.05) is 0 Å². The van der Waals surface area contributed by atoms with E-state index in [0.29, 0.717) is 13.2 Å². The molecule has 108 valence electrons. The summed E-state index contributed by atoms with van der Waals surface area (Å²) in [6.07, 6.45) is 0. The number of esters is 1. The van der Waals surface area contributed by atoms with E-state index >= 15 is 0 Å². The van der Waals surface area contributed by atoms with E-state index in [4.69, 9.17) is 9.47 Å². The lowest BCUT2D eigenvalue weighted by molar-refractivity contribution is -0.148. The summed E-state index contributed by atoms with van der Waals surface area (Å²) >= 11 is 0. The lowest BCUT2D eigenvalue weighted by atomic mass is 10.2. The van der Waals surface area contributed by atoms with Gasteiger partial charge < -0.3 is 19.7 Å². The van der Waals surface area contributed by atoms with Crippen molar-refractivity contribution in [3.63, 3.8) is 0 Å². The van der Waals surface area contributed by atoms with Crippen LogP contribution in [0.4, 0.5) is 4.79 Å². The minimum atomic E-state index is -0.321. The van der Waals surface area contributed by atoms with E-state index < -0.39 is 0 Å². The van der Waals surface area contributed by atoms with Crippen LogP contribution in [0.15, 0.2) is 0 Å². The van der Waals surface area contributed by atoms with E-state index in [0.717, 1.165) is 32.7 Å². The van der Waals surface area contributed by atoms with Gasteiger partial charge in [0.1, 0.15) is 6.61 Å². The molecule has 0 bridgehead atoms. The Hall–Kier alpha value is -1.34. The number of hydrogen-bond acceptors (Lipinski definition) is 5. The van der Waals surface area contributed by atoms with Gasteiger partial charge in [0.25, 0.3) is 0 Å². The number of nitrogens with zero attached hydrogens (tertiary/aromatic N) is 2. The maximum absolute atomic E-state index is 11.4. The van der Waals surface area contributed by atoms with Crippen molar-refractivity contribution in [2.45, 2.75) is 13.0 Å². The standard InChI is InChI=1S/C12H21N3O4/c1-2-19-11(16)9-18-6-5-14-3-4-15-10(8-14)7-13-12(15)17/h10H,2-9H2,1H3,(H,13,17). The van der Waals surface area contributed by atoms with Gasteiger partial charge >= 0.3 is 12.0 Å². The van der Waals surface area contributed by atoms with Gasteiger partial charge in [-0.15, -0.1) is 0 Å². The minimum Gasteiger partial charge on any atom is -0.464 e. The highest BCUT2D eigenvalue weighted by atomic mass is 16.6. The van der Waals surface area contributed by atoms with Crippen molar-refractivity contribution in [2.75, 3.05) is 52.5 Å². The predicted molar refractivity (Wildman–Crippen MR) is 67.8 cm³/mol. The van der Waals surface area contributed by atoms with Crippen molar-refractivity contribution >= 4 is 12.0 Å². The Labute approximate surface area is 112 Å². The molecule has 0 aliphatic carbocycles. The smallest absolute Gasteiger partial charge is 0.332 e. The zero-order chi connectivity index (χ0) is 13.7. The Kier molecular flexibility index (Phi) is 4.98. The molecule has 7 nitrogen and oxygen atoms in total. The van der Waals surface area contributed by atoms with Crippen molar-refractivity contribution < 1.29 is 19.1 Å². The number of rotatable bonds is 6. The van der Waals surface area contributed by atoms with Gasteiger partial charge in [-0.3, -0.25) is 4.90 Å². The van der Waals surface area contributed by atoms with Gasteiger partial charge in [0.15, 0.2) is 0 Å². The molecule has 2 fully saturated rings. The highest BCUT2D eigenvalue weighted by Crippen LogP contribution is 2.13. The average Bonchev–Trinajstić information content (AvgIpc) is 2.76. The summed E-state index contributed by atoms with van der Waals surface area (Å²) in [6, 6.07) is 0.314. The molecule has 0 aromatic heterocycles. The van der Waals surface area contributed by atoms with Crippen molar-refractivity contribution in [1.29, 1.82) is 0 Å². The van der Waals surface area contributed by atoms with Gasteiger partial charge in [0.2, 0.25) is 0 Å². The molecule has 2 rings (SSSR count). The molecule has 0 aromatic rings. The molecule has 1 atom stereocenters. The first-order valence-electron chi connectivity index (χ1n) is 6.71.